The first-order valence-electron chi connectivity index (χ1n) is 12.7. The molecule has 38 heavy (non-hydrogen) atoms. The number of H-pyrrole nitrogens is 1. The Kier molecular flexibility index (Phi) is 7.82. The van der Waals surface area contributed by atoms with Crippen LogP contribution >= 0.6 is 0 Å². The Bertz CT molecular complexity index is 1240. The van der Waals surface area contributed by atoms with E-state index in [1.54, 1.807) is 6.20 Å². The van der Waals surface area contributed by atoms with Crippen molar-refractivity contribution in [1.82, 2.24) is 25.4 Å². The SMILES string of the molecule is Cc1ccc(COC2CN(C3CCOCC3)CC2NC(=O)CNc2n[nH]c3ccc(C(F)(F)F)cc23)cn1. The van der Waals surface area contributed by atoms with Crippen molar-refractivity contribution in [3.05, 3.63) is 53.3 Å². The number of fused-ring (bicyclic) bond motifs is 1. The minimum Gasteiger partial charge on any atom is -0.381 e. The molecule has 12 heteroatoms. The number of aromatic amines is 1. The fourth-order valence-electron chi connectivity index (χ4n) is 4.99. The van der Waals surface area contributed by atoms with Gasteiger partial charge in [-0.15, -0.1) is 0 Å². The minimum absolute atomic E-state index is 0.140. The summed E-state index contributed by atoms with van der Waals surface area (Å²) in [5.41, 5.74) is 1.55. The van der Waals surface area contributed by atoms with Crippen LogP contribution in [0.4, 0.5) is 19.0 Å². The molecule has 4 heterocycles. The Hall–Kier alpha value is -3.22. The van der Waals surface area contributed by atoms with Crippen LogP contribution in [-0.2, 0) is 27.1 Å². The van der Waals surface area contributed by atoms with Crippen LogP contribution in [0.25, 0.3) is 10.9 Å². The molecule has 2 saturated heterocycles. The first kappa shape index (κ1) is 26.4. The molecule has 0 bridgehead atoms. The van der Waals surface area contributed by atoms with Crippen LogP contribution in [0.5, 0.6) is 0 Å². The number of aromatic nitrogens is 3. The van der Waals surface area contributed by atoms with E-state index in [4.69, 9.17) is 9.47 Å². The number of carbonyl (C=O) groups excluding carboxylic acids is 1. The molecular formula is C26H31F3N6O3. The highest BCUT2D eigenvalue weighted by molar-refractivity contribution is 5.92. The predicted octanol–water partition coefficient (Wildman–Crippen LogP) is 3.26. The predicted molar refractivity (Wildman–Crippen MR) is 134 cm³/mol. The molecule has 5 rings (SSSR count). The summed E-state index contributed by atoms with van der Waals surface area (Å²) in [6.45, 7) is 4.93. The van der Waals surface area contributed by atoms with E-state index >= 15 is 0 Å². The van der Waals surface area contributed by atoms with E-state index in [0.29, 0.717) is 31.3 Å². The van der Waals surface area contributed by atoms with E-state index in [9.17, 15) is 18.0 Å². The lowest BCUT2D eigenvalue weighted by atomic mass is 10.1. The number of alkyl halides is 3. The molecule has 0 aliphatic carbocycles. The zero-order valence-electron chi connectivity index (χ0n) is 21.1. The lowest BCUT2D eigenvalue weighted by molar-refractivity contribution is -0.137. The summed E-state index contributed by atoms with van der Waals surface area (Å²) in [6.07, 6.45) is -1.03. The second kappa shape index (κ2) is 11.3. The van der Waals surface area contributed by atoms with E-state index in [1.807, 2.05) is 19.1 Å². The molecule has 0 radical (unpaired) electrons. The lowest BCUT2D eigenvalue weighted by Gasteiger charge is -2.30. The van der Waals surface area contributed by atoms with Gasteiger partial charge in [-0.1, -0.05) is 6.07 Å². The molecule has 3 aromatic rings. The van der Waals surface area contributed by atoms with Gasteiger partial charge in [0.2, 0.25) is 5.91 Å². The average Bonchev–Trinajstić information content (AvgIpc) is 3.50. The molecule has 2 aromatic heterocycles. The van der Waals surface area contributed by atoms with Crippen LogP contribution < -0.4 is 10.6 Å². The van der Waals surface area contributed by atoms with Crippen LogP contribution in [-0.4, -0.2) is 77.0 Å². The average molecular weight is 533 g/mol. The highest BCUT2D eigenvalue weighted by Crippen LogP contribution is 2.32. The molecule has 1 amide bonds. The third-order valence-corrected chi connectivity index (χ3v) is 7.09. The van der Waals surface area contributed by atoms with Crippen molar-refractivity contribution in [3.8, 4) is 0 Å². The van der Waals surface area contributed by atoms with Gasteiger partial charge >= 0.3 is 6.18 Å². The van der Waals surface area contributed by atoms with Crippen molar-refractivity contribution in [3.63, 3.8) is 0 Å². The fraction of sp³-hybridized carbons (Fsp3) is 0.500. The maximum Gasteiger partial charge on any atom is 0.416 e. The van der Waals surface area contributed by atoms with Crippen molar-refractivity contribution in [2.75, 3.05) is 38.2 Å². The number of anilines is 1. The number of carbonyl (C=O) groups is 1. The number of hydrogen-bond donors (Lipinski definition) is 3. The fourth-order valence-corrected chi connectivity index (χ4v) is 4.99. The number of aryl methyl sites for hydroxylation is 1. The van der Waals surface area contributed by atoms with Crippen LogP contribution in [0.1, 0.15) is 29.7 Å². The second-order valence-corrected chi connectivity index (χ2v) is 9.81. The molecular weight excluding hydrogens is 501 g/mol. The number of rotatable bonds is 8. The number of benzene rings is 1. The molecule has 2 unspecified atom stereocenters. The van der Waals surface area contributed by atoms with Crippen molar-refractivity contribution in [1.29, 1.82) is 0 Å². The Morgan fingerprint density at radius 3 is 2.76 bits per heavy atom. The first-order chi connectivity index (χ1) is 18.3. The lowest BCUT2D eigenvalue weighted by Crippen LogP contribution is -2.46. The molecule has 0 spiro atoms. The van der Waals surface area contributed by atoms with Crippen molar-refractivity contribution >= 4 is 22.6 Å². The number of nitrogens with one attached hydrogen (secondary N) is 3. The highest BCUT2D eigenvalue weighted by atomic mass is 19.4. The number of ether oxygens (including phenoxy) is 2. The van der Waals surface area contributed by atoms with Crippen LogP contribution in [0.2, 0.25) is 0 Å². The summed E-state index contributed by atoms with van der Waals surface area (Å²) < 4.78 is 51.2. The van der Waals surface area contributed by atoms with Gasteiger partial charge in [0.05, 0.1) is 36.4 Å². The Morgan fingerprint density at radius 1 is 1.21 bits per heavy atom. The molecule has 9 nitrogen and oxygen atoms in total. The molecule has 0 saturated carbocycles. The normalized spacial score (nSPS) is 21.2. The maximum atomic E-state index is 13.1. The molecule has 204 valence electrons. The van der Waals surface area contributed by atoms with Gasteiger partial charge in [-0.05, 0) is 49.6 Å². The van der Waals surface area contributed by atoms with E-state index in [1.165, 1.54) is 6.07 Å². The monoisotopic (exact) mass is 532 g/mol. The Balaban J connectivity index is 1.22. The van der Waals surface area contributed by atoms with Gasteiger partial charge in [0.25, 0.3) is 0 Å². The maximum absolute atomic E-state index is 13.1. The standard InChI is InChI=1S/C26H31F3N6O3/c1-16-2-3-17(11-30-16)15-38-23-14-35(19-6-8-37-9-7-19)13-22(23)32-24(36)12-31-25-20-10-18(26(27,28)29)4-5-21(20)33-34-25/h2-5,10-11,19,22-23H,6-9,12-15H2,1H3,(H,32,36)(H2,31,33,34). The van der Waals surface area contributed by atoms with Gasteiger partial charge in [-0.2, -0.15) is 18.3 Å². The third kappa shape index (κ3) is 6.25. The number of likely N-dealkylation sites (tertiary alicyclic amines) is 1. The minimum atomic E-state index is -4.47. The molecule has 3 N–H and O–H groups in total. The zero-order valence-corrected chi connectivity index (χ0v) is 21.1. The van der Waals surface area contributed by atoms with Gasteiger partial charge in [-0.25, -0.2) is 0 Å². The summed E-state index contributed by atoms with van der Waals surface area (Å²) in [7, 11) is 0. The summed E-state index contributed by atoms with van der Waals surface area (Å²) in [5.74, 6) is -0.103. The highest BCUT2D eigenvalue weighted by Gasteiger charge is 2.38. The van der Waals surface area contributed by atoms with Gasteiger partial charge in [0.15, 0.2) is 5.82 Å². The van der Waals surface area contributed by atoms with E-state index in [0.717, 1.165) is 49.4 Å². The van der Waals surface area contributed by atoms with Crippen LogP contribution in [0.15, 0.2) is 36.5 Å². The number of hydrogen-bond acceptors (Lipinski definition) is 7. The Labute approximate surface area is 218 Å². The zero-order chi connectivity index (χ0) is 26.7. The van der Waals surface area contributed by atoms with Crippen LogP contribution in [0.3, 0.4) is 0 Å². The van der Waals surface area contributed by atoms with Gasteiger partial charge in [-0.3, -0.25) is 19.8 Å². The number of pyridine rings is 1. The van der Waals surface area contributed by atoms with Crippen molar-refractivity contribution < 1.29 is 27.4 Å². The quantitative estimate of drug-likeness (QED) is 0.409. The molecule has 2 fully saturated rings. The topological polar surface area (TPSA) is 104 Å². The van der Waals surface area contributed by atoms with Crippen molar-refractivity contribution in [2.24, 2.45) is 0 Å². The summed E-state index contributed by atoms with van der Waals surface area (Å²) in [5, 5.41) is 12.9. The third-order valence-electron chi connectivity index (χ3n) is 7.09. The molecule has 2 aliphatic rings. The number of amides is 1. The summed E-state index contributed by atoms with van der Waals surface area (Å²) in [6, 6.07) is 7.38. The van der Waals surface area contributed by atoms with Gasteiger partial charge < -0.3 is 20.1 Å². The molecule has 2 atom stereocenters. The molecule has 2 aliphatic heterocycles. The van der Waals surface area contributed by atoms with E-state index in [2.05, 4.69) is 30.7 Å². The van der Waals surface area contributed by atoms with E-state index in [-0.39, 0.29) is 35.8 Å². The first-order valence-corrected chi connectivity index (χ1v) is 12.7. The largest absolute Gasteiger partial charge is 0.416 e. The number of nitrogens with zero attached hydrogens (tertiary/aromatic N) is 3. The van der Waals surface area contributed by atoms with Gasteiger partial charge in [0.1, 0.15) is 0 Å². The molecule has 1 aromatic carbocycles. The van der Waals surface area contributed by atoms with Crippen molar-refractivity contribution in [2.45, 2.75) is 50.7 Å². The van der Waals surface area contributed by atoms with Gasteiger partial charge in [0, 0.05) is 49.6 Å². The van der Waals surface area contributed by atoms with E-state index < -0.39 is 11.7 Å². The summed E-state index contributed by atoms with van der Waals surface area (Å²) >= 11 is 0. The number of halogens is 3. The smallest absolute Gasteiger partial charge is 0.381 e. The second-order valence-electron chi connectivity index (χ2n) is 9.81. The summed E-state index contributed by atoms with van der Waals surface area (Å²) in [4.78, 5) is 19.6. The van der Waals surface area contributed by atoms with Crippen LogP contribution in [0, 0.1) is 6.92 Å². The Morgan fingerprint density at radius 2 is 2.03 bits per heavy atom.